The van der Waals surface area contributed by atoms with Crippen LogP contribution in [0.2, 0.25) is 4.34 Å². The molecule has 2 N–H and O–H groups in total. The Labute approximate surface area is 127 Å². The van der Waals surface area contributed by atoms with Gasteiger partial charge in [-0.05, 0) is 29.8 Å². The Kier molecular flexibility index (Phi) is 3.87. The van der Waals surface area contributed by atoms with Gasteiger partial charge in [0, 0.05) is 10.8 Å². The van der Waals surface area contributed by atoms with Gasteiger partial charge in [0.2, 0.25) is 0 Å². The Morgan fingerprint density at radius 1 is 1.20 bits per heavy atom. The van der Waals surface area contributed by atoms with E-state index in [9.17, 15) is 0 Å². The smallest absolute Gasteiger partial charge is 0.161 e. The number of rotatable bonds is 2. The molecular weight excluding hydrogens is 294 g/mol. The summed E-state index contributed by atoms with van der Waals surface area (Å²) in [6, 6.07) is 9.51. The molecule has 3 rings (SSSR count). The van der Waals surface area contributed by atoms with E-state index in [-0.39, 0.29) is 6.04 Å². The summed E-state index contributed by atoms with van der Waals surface area (Å²) in [6.45, 7) is 3.45. The predicted molar refractivity (Wildman–Crippen MR) is 82.0 cm³/mol. The fourth-order valence-electron chi connectivity index (χ4n) is 2.12. The van der Waals surface area contributed by atoms with Gasteiger partial charge in [-0.25, -0.2) is 0 Å². The summed E-state index contributed by atoms with van der Waals surface area (Å²) in [6.07, 6.45) is 0. The van der Waals surface area contributed by atoms with Crippen molar-refractivity contribution in [3.63, 3.8) is 0 Å². The second kappa shape index (κ2) is 5.64. The molecule has 3 nitrogen and oxygen atoms in total. The maximum Gasteiger partial charge on any atom is 0.161 e. The molecule has 2 aromatic rings. The summed E-state index contributed by atoms with van der Waals surface area (Å²) in [5, 5.41) is 0. The van der Waals surface area contributed by atoms with Crippen LogP contribution in [0.5, 0.6) is 11.5 Å². The van der Waals surface area contributed by atoms with Gasteiger partial charge >= 0.3 is 0 Å². The van der Waals surface area contributed by atoms with E-state index in [0.717, 1.165) is 26.3 Å². The van der Waals surface area contributed by atoms with Gasteiger partial charge in [-0.1, -0.05) is 24.6 Å². The van der Waals surface area contributed by atoms with Crippen LogP contribution >= 0.6 is 22.9 Å². The Bertz CT molecular complexity index is 614. The van der Waals surface area contributed by atoms with E-state index in [1.54, 1.807) is 0 Å². The van der Waals surface area contributed by atoms with Crippen molar-refractivity contribution in [3.05, 3.63) is 45.1 Å². The number of thiophene rings is 1. The quantitative estimate of drug-likeness (QED) is 0.916. The maximum atomic E-state index is 6.28. The molecule has 0 spiro atoms. The SMILES string of the molecule is CC1COc2ccc(C(N)c3ccc(Cl)s3)cc2OC1. The lowest BCUT2D eigenvalue weighted by molar-refractivity contribution is 0.228. The van der Waals surface area contributed by atoms with E-state index < -0.39 is 0 Å². The normalized spacial score (nSPS) is 19.4. The van der Waals surface area contributed by atoms with E-state index in [0.29, 0.717) is 19.1 Å². The number of fused-ring (bicyclic) bond motifs is 1. The minimum Gasteiger partial charge on any atom is -0.489 e. The van der Waals surface area contributed by atoms with E-state index in [1.807, 2.05) is 30.3 Å². The second-order valence-electron chi connectivity index (χ2n) is 5.05. The third-order valence-electron chi connectivity index (χ3n) is 3.27. The van der Waals surface area contributed by atoms with Gasteiger partial charge in [-0.3, -0.25) is 0 Å². The van der Waals surface area contributed by atoms with Crippen LogP contribution in [0.1, 0.15) is 23.4 Å². The highest BCUT2D eigenvalue weighted by atomic mass is 35.5. The number of halogens is 1. The highest BCUT2D eigenvalue weighted by Crippen LogP contribution is 2.35. The fraction of sp³-hybridized carbons (Fsp3) is 0.333. The van der Waals surface area contributed by atoms with E-state index in [4.69, 9.17) is 26.8 Å². The Balaban J connectivity index is 1.88. The molecule has 0 radical (unpaired) electrons. The van der Waals surface area contributed by atoms with Gasteiger partial charge in [0.05, 0.1) is 23.6 Å². The maximum absolute atomic E-state index is 6.28. The molecule has 2 unspecified atom stereocenters. The largest absolute Gasteiger partial charge is 0.489 e. The first-order chi connectivity index (χ1) is 9.63. The summed E-state index contributed by atoms with van der Waals surface area (Å²) in [5.41, 5.74) is 7.28. The third-order valence-corrected chi connectivity index (χ3v) is 4.59. The molecule has 106 valence electrons. The lowest BCUT2D eigenvalue weighted by Crippen LogP contribution is -2.12. The van der Waals surface area contributed by atoms with E-state index in [1.165, 1.54) is 11.3 Å². The monoisotopic (exact) mass is 309 g/mol. The molecule has 0 aliphatic carbocycles. The molecule has 1 aromatic heterocycles. The highest BCUT2D eigenvalue weighted by molar-refractivity contribution is 7.16. The molecular formula is C15H16ClNO2S. The van der Waals surface area contributed by atoms with Gasteiger partial charge in [0.15, 0.2) is 11.5 Å². The number of nitrogens with two attached hydrogens (primary N) is 1. The van der Waals surface area contributed by atoms with Crippen molar-refractivity contribution in [2.45, 2.75) is 13.0 Å². The minimum absolute atomic E-state index is 0.193. The third kappa shape index (κ3) is 2.77. The predicted octanol–water partition coefficient (Wildman–Crippen LogP) is 3.86. The van der Waals surface area contributed by atoms with Gasteiger partial charge in [-0.2, -0.15) is 0 Å². The zero-order chi connectivity index (χ0) is 14.1. The molecule has 20 heavy (non-hydrogen) atoms. The van der Waals surface area contributed by atoms with Crippen molar-refractivity contribution in [1.82, 2.24) is 0 Å². The first kappa shape index (κ1) is 13.7. The van der Waals surface area contributed by atoms with E-state index >= 15 is 0 Å². The van der Waals surface area contributed by atoms with Gasteiger partial charge in [0.1, 0.15) is 0 Å². The zero-order valence-electron chi connectivity index (χ0n) is 11.1. The van der Waals surface area contributed by atoms with Gasteiger partial charge < -0.3 is 15.2 Å². The summed E-state index contributed by atoms with van der Waals surface area (Å²) in [7, 11) is 0. The Morgan fingerprint density at radius 2 is 1.95 bits per heavy atom. The fourth-order valence-corrected chi connectivity index (χ4v) is 3.21. The van der Waals surface area contributed by atoms with Crippen molar-refractivity contribution < 1.29 is 9.47 Å². The lowest BCUT2D eigenvalue weighted by atomic mass is 10.1. The van der Waals surface area contributed by atoms with Crippen molar-refractivity contribution in [3.8, 4) is 11.5 Å². The van der Waals surface area contributed by atoms with Crippen LogP contribution in [0.15, 0.2) is 30.3 Å². The van der Waals surface area contributed by atoms with Crippen LogP contribution in [0.4, 0.5) is 0 Å². The minimum atomic E-state index is -0.193. The molecule has 0 saturated carbocycles. The Hall–Kier alpha value is -1.23. The van der Waals surface area contributed by atoms with Crippen LogP contribution in [0, 0.1) is 5.92 Å². The molecule has 2 atom stereocenters. The average Bonchev–Trinajstić information content (AvgIpc) is 2.80. The number of hydrogen-bond donors (Lipinski definition) is 1. The molecule has 0 saturated heterocycles. The first-order valence-corrected chi connectivity index (χ1v) is 7.73. The molecule has 1 aromatic carbocycles. The Morgan fingerprint density at radius 3 is 2.65 bits per heavy atom. The van der Waals surface area contributed by atoms with Crippen LogP contribution in [-0.4, -0.2) is 13.2 Å². The standard InChI is InChI=1S/C15H16ClNO2S/c1-9-7-18-11-3-2-10(6-12(11)19-8-9)15(17)13-4-5-14(16)20-13/h2-6,9,15H,7-8,17H2,1H3. The second-order valence-corrected chi connectivity index (χ2v) is 6.80. The summed E-state index contributed by atoms with van der Waals surface area (Å²) < 4.78 is 12.3. The molecule has 1 aliphatic rings. The van der Waals surface area contributed by atoms with Crippen LogP contribution in [-0.2, 0) is 0 Å². The van der Waals surface area contributed by atoms with Crippen molar-refractivity contribution in [2.24, 2.45) is 11.7 Å². The van der Waals surface area contributed by atoms with Gasteiger partial charge in [0.25, 0.3) is 0 Å². The molecule has 0 bridgehead atoms. The lowest BCUT2D eigenvalue weighted by Gasteiger charge is -2.13. The number of hydrogen-bond acceptors (Lipinski definition) is 4. The van der Waals surface area contributed by atoms with Crippen molar-refractivity contribution in [1.29, 1.82) is 0 Å². The van der Waals surface area contributed by atoms with Crippen LogP contribution in [0.3, 0.4) is 0 Å². The first-order valence-electron chi connectivity index (χ1n) is 6.54. The molecule has 5 heteroatoms. The van der Waals surface area contributed by atoms with E-state index in [2.05, 4.69) is 6.92 Å². The van der Waals surface area contributed by atoms with Crippen LogP contribution < -0.4 is 15.2 Å². The molecule has 0 amide bonds. The zero-order valence-corrected chi connectivity index (χ0v) is 12.7. The van der Waals surface area contributed by atoms with Gasteiger partial charge in [-0.15, -0.1) is 11.3 Å². The summed E-state index contributed by atoms with van der Waals surface area (Å²) in [5.74, 6) is 1.94. The number of benzene rings is 1. The molecule has 2 heterocycles. The summed E-state index contributed by atoms with van der Waals surface area (Å²) in [4.78, 5) is 1.04. The van der Waals surface area contributed by atoms with Crippen molar-refractivity contribution >= 4 is 22.9 Å². The molecule has 0 fully saturated rings. The highest BCUT2D eigenvalue weighted by Gasteiger charge is 2.18. The average molecular weight is 310 g/mol. The summed E-state index contributed by atoms with van der Waals surface area (Å²) >= 11 is 7.46. The van der Waals surface area contributed by atoms with Crippen molar-refractivity contribution in [2.75, 3.05) is 13.2 Å². The molecule has 1 aliphatic heterocycles. The topological polar surface area (TPSA) is 44.5 Å². The van der Waals surface area contributed by atoms with Crippen LogP contribution in [0.25, 0.3) is 0 Å². The number of ether oxygens (including phenoxy) is 2.